The quantitative estimate of drug-likeness (QED) is 0.0200. The van der Waals surface area contributed by atoms with Crippen molar-refractivity contribution >= 4 is 17.9 Å². The van der Waals surface area contributed by atoms with E-state index >= 15 is 0 Å². The van der Waals surface area contributed by atoms with E-state index in [-0.39, 0.29) is 44.0 Å². The summed E-state index contributed by atoms with van der Waals surface area (Å²) in [6.07, 6.45) is 70.1. The minimum atomic E-state index is -0.828. The average molecular weight is 869 g/mol. The third kappa shape index (κ3) is 48.4. The van der Waals surface area contributed by atoms with Crippen molar-refractivity contribution in [1.29, 1.82) is 0 Å². The molecule has 0 fully saturated rings. The van der Waals surface area contributed by atoms with Gasteiger partial charge < -0.3 is 14.2 Å². The Morgan fingerprint density at radius 1 is 0.333 bits per heavy atom. The summed E-state index contributed by atoms with van der Waals surface area (Å²) in [5.74, 6) is -1.05. The lowest BCUT2D eigenvalue weighted by molar-refractivity contribution is -0.166. The predicted octanol–water partition coefficient (Wildman–Crippen LogP) is 16.3. The monoisotopic (exact) mass is 869 g/mol. The summed E-state index contributed by atoms with van der Waals surface area (Å²) in [6.45, 7) is 6.16. The second-order valence-electron chi connectivity index (χ2n) is 15.7. The van der Waals surface area contributed by atoms with Gasteiger partial charge in [-0.2, -0.15) is 0 Å². The maximum Gasteiger partial charge on any atom is 0.306 e. The summed E-state index contributed by atoms with van der Waals surface area (Å²) in [5, 5.41) is 0. The largest absolute Gasteiger partial charge is 0.462 e. The lowest BCUT2D eigenvalue weighted by atomic mass is 10.1. The fourth-order valence-electron chi connectivity index (χ4n) is 6.13. The van der Waals surface area contributed by atoms with Gasteiger partial charge >= 0.3 is 17.9 Å². The highest BCUT2D eigenvalue weighted by molar-refractivity contribution is 5.71. The van der Waals surface area contributed by atoms with Crippen LogP contribution in [0.2, 0.25) is 0 Å². The molecular weight excluding hydrogens is 781 g/mol. The summed E-state index contributed by atoms with van der Waals surface area (Å²) in [6, 6.07) is 0. The van der Waals surface area contributed by atoms with Crippen molar-refractivity contribution in [2.45, 2.75) is 194 Å². The first-order valence-corrected chi connectivity index (χ1v) is 24.7. The van der Waals surface area contributed by atoms with Gasteiger partial charge in [-0.3, -0.25) is 14.4 Å². The Hall–Kier alpha value is -4.45. The van der Waals surface area contributed by atoms with Crippen LogP contribution in [-0.2, 0) is 28.6 Å². The van der Waals surface area contributed by atoms with Crippen LogP contribution in [-0.4, -0.2) is 37.2 Å². The fourth-order valence-corrected chi connectivity index (χ4v) is 6.13. The zero-order valence-electron chi connectivity index (χ0n) is 40.0. The van der Waals surface area contributed by atoms with Gasteiger partial charge in [-0.25, -0.2) is 0 Å². The van der Waals surface area contributed by atoms with E-state index in [0.717, 1.165) is 116 Å². The molecule has 63 heavy (non-hydrogen) atoms. The molecule has 0 spiro atoms. The molecule has 0 aromatic carbocycles. The average Bonchev–Trinajstić information content (AvgIpc) is 3.28. The third-order valence-electron chi connectivity index (χ3n) is 9.74. The molecule has 0 N–H and O–H groups in total. The van der Waals surface area contributed by atoms with Crippen molar-refractivity contribution in [2.24, 2.45) is 0 Å². The van der Waals surface area contributed by atoms with Crippen LogP contribution in [0.5, 0.6) is 0 Å². The SMILES string of the molecule is CC\C=C/C=C\C=C/C=C\CCCCCCCC(=O)OC(COC(=O)CC/C=C\C/C=C\C/C=C\C/C=C\C/C=C\CC)COC(=O)CCCCCCCCC/C=C\C/C=C\CC. The molecule has 0 rings (SSSR count). The van der Waals surface area contributed by atoms with Gasteiger partial charge in [0.05, 0.1) is 0 Å². The molecule has 0 aromatic heterocycles. The van der Waals surface area contributed by atoms with E-state index in [0.29, 0.717) is 12.8 Å². The number of allylic oxidation sites excluding steroid dienone is 22. The molecule has 0 aliphatic carbocycles. The molecular formula is C57H88O6. The van der Waals surface area contributed by atoms with Gasteiger partial charge in [0.15, 0.2) is 6.10 Å². The highest BCUT2D eigenvalue weighted by Crippen LogP contribution is 2.13. The second-order valence-corrected chi connectivity index (χ2v) is 15.7. The number of esters is 3. The van der Waals surface area contributed by atoms with Crippen LogP contribution in [0.3, 0.4) is 0 Å². The predicted molar refractivity (Wildman–Crippen MR) is 269 cm³/mol. The van der Waals surface area contributed by atoms with Crippen molar-refractivity contribution in [2.75, 3.05) is 13.2 Å². The molecule has 352 valence electrons. The first kappa shape index (κ1) is 58.6. The Labute approximate surface area is 385 Å². The molecule has 0 aliphatic rings. The van der Waals surface area contributed by atoms with Crippen molar-refractivity contribution in [3.8, 4) is 0 Å². The van der Waals surface area contributed by atoms with Crippen LogP contribution in [0.15, 0.2) is 134 Å². The highest BCUT2D eigenvalue weighted by Gasteiger charge is 2.19. The summed E-state index contributed by atoms with van der Waals surface area (Å²) in [7, 11) is 0. The van der Waals surface area contributed by atoms with Gasteiger partial charge in [-0.05, 0) is 96.3 Å². The summed E-state index contributed by atoms with van der Waals surface area (Å²) in [5.41, 5.74) is 0. The smallest absolute Gasteiger partial charge is 0.306 e. The summed E-state index contributed by atoms with van der Waals surface area (Å²) in [4.78, 5) is 37.9. The topological polar surface area (TPSA) is 78.9 Å². The molecule has 6 nitrogen and oxygen atoms in total. The van der Waals surface area contributed by atoms with Crippen LogP contribution in [0.25, 0.3) is 0 Å². The van der Waals surface area contributed by atoms with Crippen LogP contribution < -0.4 is 0 Å². The molecule has 1 unspecified atom stereocenters. The molecule has 0 heterocycles. The summed E-state index contributed by atoms with van der Waals surface area (Å²) < 4.78 is 16.7. The first-order valence-electron chi connectivity index (χ1n) is 24.7. The molecule has 0 saturated heterocycles. The van der Waals surface area contributed by atoms with E-state index in [2.05, 4.69) is 118 Å². The maximum atomic E-state index is 12.8. The minimum absolute atomic E-state index is 0.120. The number of hydrogen-bond acceptors (Lipinski definition) is 6. The van der Waals surface area contributed by atoms with Crippen molar-refractivity contribution in [1.82, 2.24) is 0 Å². The lowest BCUT2D eigenvalue weighted by Gasteiger charge is -2.18. The molecule has 0 amide bonds. The Morgan fingerprint density at radius 3 is 1.17 bits per heavy atom. The summed E-state index contributed by atoms with van der Waals surface area (Å²) >= 11 is 0. The van der Waals surface area contributed by atoms with Gasteiger partial charge in [-0.1, -0.05) is 206 Å². The van der Waals surface area contributed by atoms with Crippen LogP contribution in [0, 0.1) is 0 Å². The fraction of sp³-hybridized carbons (Fsp3) is 0.561. The zero-order chi connectivity index (χ0) is 45.8. The Kier molecular flexibility index (Phi) is 46.7. The van der Waals surface area contributed by atoms with E-state index < -0.39 is 6.10 Å². The number of hydrogen-bond donors (Lipinski definition) is 0. The minimum Gasteiger partial charge on any atom is -0.462 e. The Bertz CT molecular complexity index is 1420. The zero-order valence-corrected chi connectivity index (χ0v) is 40.0. The molecule has 0 radical (unpaired) electrons. The maximum absolute atomic E-state index is 12.8. The van der Waals surface area contributed by atoms with E-state index in [9.17, 15) is 14.4 Å². The molecule has 0 aliphatic heterocycles. The first-order chi connectivity index (χ1) is 31.0. The molecule has 0 saturated carbocycles. The van der Waals surface area contributed by atoms with Crippen LogP contribution >= 0.6 is 0 Å². The van der Waals surface area contributed by atoms with Crippen molar-refractivity contribution in [3.63, 3.8) is 0 Å². The van der Waals surface area contributed by atoms with E-state index in [1.807, 2.05) is 36.5 Å². The number of unbranched alkanes of at least 4 members (excludes halogenated alkanes) is 12. The van der Waals surface area contributed by atoms with Gasteiger partial charge in [0.25, 0.3) is 0 Å². The highest BCUT2D eigenvalue weighted by atomic mass is 16.6. The van der Waals surface area contributed by atoms with E-state index in [1.165, 1.54) is 25.7 Å². The molecule has 0 aromatic rings. The van der Waals surface area contributed by atoms with E-state index in [1.54, 1.807) is 0 Å². The third-order valence-corrected chi connectivity index (χ3v) is 9.74. The standard InChI is InChI=1S/C57H88O6/c1-4-7-10-13-16-19-22-25-28-30-32-35-38-41-44-47-50-56(59)62-53-54(52-61-55(58)49-46-43-40-37-34-31-27-24-21-18-15-12-9-6-3)63-57(60)51-48-45-42-39-36-33-29-26-23-20-17-14-11-8-5-2/h7-12,14,16-21,23,25-26,28-29,32,35,41,44,54H,4-6,13,15,22,24,27,30-31,33-34,36-40,42-43,45-53H2,1-3H3/b10-7-,11-8-,12-9-,17-14-,19-16-,21-18-,23-20-,28-25-,29-26-,35-32-,44-41-. The lowest BCUT2D eigenvalue weighted by Crippen LogP contribution is -2.30. The number of carbonyl (C=O) groups excluding carboxylic acids is 3. The van der Waals surface area contributed by atoms with Gasteiger partial charge in [0.1, 0.15) is 13.2 Å². The van der Waals surface area contributed by atoms with Gasteiger partial charge in [-0.15, -0.1) is 0 Å². The van der Waals surface area contributed by atoms with Gasteiger partial charge in [0, 0.05) is 19.3 Å². The van der Waals surface area contributed by atoms with Gasteiger partial charge in [0.2, 0.25) is 0 Å². The Balaban J connectivity index is 4.58. The van der Waals surface area contributed by atoms with Crippen molar-refractivity contribution in [3.05, 3.63) is 134 Å². The molecule has 0 bridgehead atoms. The number of rotatable bonds is 42. The molecule has 1 atom stereocenters. The molecule has 6 heteroatoms. The van der Waals surface area contributed by atoms with Crippen LogP contribution in [0.1, 0.15) is 188 Å². The Morgan fingerprint density at radius 2 is 0.683 bits per heavy atom. The van der Waals surface area contributed by atoms with Crippen molar-refractivity contribution < 1.29 is 28.6 Å². The van der Waals surface area contributed by atoms with E-state index in [4.69, 9.17) is 14.2 Å². The second kappa shape index (κ2) is 50.2. The number of carbonyl (C=O) groups is 3. The number of ether oxygens (including phenoxy) is 3. The normalized spacial score (nSPS) is 13.3. The van der Waals surface area contributed by atoms with Crippen LogP contribution in [0.4, 0.5) is 0 Å².